The van der Waals surface area contributed by atoms with Crippen molar-refractivity contribution in [2.45, 2.75) is 32.0 Å². The zero-order chi connectivity index (χ0) is 20.4. The van der Waals surface area contributed by atoms with E-state index in [1.165, 1.54) is 29.5 Å². The Kier molecular flexibility index (Phi) is 6.05. The van der Waals surface area contributed by atoms with E-state index in [0.717, 1.165) is 29.8 Å². The van der Waals surface area contributed by atoms with Gasteiger partial charge in [0.05, 0.1) is 31.4 Å². The van der Waals surface area contributed by atoms with E-state index >= 15 is 0 Å². The second-order valence-electron chi connectivity index (χ2n) is 7.43. The van der Waals surface area contributed by atoms with Crippen LogP contribution in [0.5, 0.6) is 0 Å². The molecule has 2 aromatic rings. The number of aliphatic hydroxyl groups is 1. The van der Waals surface area contributed by atoms with Gasteiger partial charge in [0.25, 0.3) is 0 Å². The minimum atomic E-state index is -0.475. The number of anilines is 1. The average molecular weight is 418 g/mol. The molecule has 1 unspecified atom stereocenters. The Morgan fingerprint density at radius 3 is 3.03 bits per heavy atom. The van der Waals surface area contributed by atoms with Crippen molar-refractivity contribution in [3.63, 3.8) is 0 Å². The molecule has 3 heterocycles. The van der Waals surface area contributed by atoms with Crippen LogP contribution in [-0.4, -0.2) is 54.0 Å². The van der Waals surface area contributed by atoms with Gasteiger partial charge in [-0.2, -0.15) is 0 Å². The van der Waals surface area contributed by atoms with Crippen molar-refractivity contribution in [1.82, 2.24) is 4.90 Å². The van der Waals surface area contributed by atoms with Crippen molar-refractivity contribution in [3.8, 4) is 0 Å². The van der Waals surface area contributed by atoms with Crippen molar-refractivity contribution < 1.29 is 23.8 Å². The number of amides is 1. The number of rotatable bonds is 5. The largest absolute Gasteiger partial charge is 0.392 e. The molecule has 6 nitrogen and oxygen atoms in total. The molecular weight excluding hydrogens is 395 g/mol. The maximum atomic E-state index is 13.6. The summed E-state index contributed by atoms with van der Waals surface area (Å²) >= 11 is 1.34. The Labute approximate surface area is 172 Å². The summed E-state index contributed by atoms with van der Waals surface area (Å²) in [6.07, 6.45) is 1.77. The van der Waals surface area contributed by atoms with Crippen LogP contribution >= 0.6 is 11.3 Å². The van der Waals surface area contributed by atoms with Crippen LogP contribution < -0.4 is 5.32 Å². The summed E-state index contributed by atoms with van der Waals surface area (Å²) in [6.45, 7) is 2.29. The molecule has 8 heteroatoms. The summed E-state index contributed by atoms with van der Waals surface area (Å²) in [5.74, 6) is -1.00. The van der Waals surface area contributed by atoms with Crippen LogP contribution in [0, 0.1) is 5.82 Å². The van der Waals surface area contributed by atoms with Gasteiger partial charge in [-0.1, -0.05) is 12.1 Å². The molecule has 1 amide bonds. The van der Waals surface area contributed by atoms with Crippen LogP contribution in [0.1, 0.15) is 39.2 Å². The first-order chi connectivity index (χ1) is 14.0. The average Bonchev–Trinajstić information content (AvgIpc) is 3.05. The number of aliphatic hydroxyl groups excluding tert-OH is 1. The number of likely N-dealkylation sites (tertiary alicyclic amines) is 1. The number of carbonyl (C=O) groups is 2. The van der Waals surface area contributed by atoms with Crippen LogP contribution in [0.3, 0.4) is 0 Å². The second-order valence-corrected chi connectivity index (χ2v) is 8.53. The first-order valence-corrected chi connectivity index (χ1v) is 10.6. The predicted molar refractivity (Wildman–Crippen MR) is 108 cm³/mol. The number of hydrogen-bond acceptors (Lipinski definition) is 6. The van der Waals surface area contributed by atoms with Crippen molar-refractivity contribution in [3.05, 3.63) is 51.7 Å². The molecule has 4 rings (SSSR count). The minimum Gasteiger partial charge on any atom is -0.392 e. The fourth-order valence-corrected chi connectivity index (χ4v) is 5.08. The van der Waals surface area contributed by atoms with E-state index in [9.17, 15) is 19.1 Å². The van der Waals surface area contributed by atoms with E-state index in [2.05, 4.69) is 5.32 Å². The summed E-state index contributed by atoms with van der Waals surface area (Å²) in [7, 11) is 0. The molecular formula is C21H23FN2O4S. The number of benzene rings is 1. The van der Waals surface area contributed by atoms with Gasteiger partial charge in [0.15, 0.2) is 5.78 Å². The van der Waals surface area contributed by atoms with Crippen molar-refractivity contribution >= 4 is 28.0 Å². The fourth-order valence-electron chi connectivity index (χ4n) is 3.88. The molecule has 0 bridgehead atoms. The van der Waals surface area contributed by atoms with Crippen LogP contribution in [0.2, 0.25) is 0 Å². The third-order valence-corrected chi connectivity index (χ3v) is 6.36. The number of ether oxygens (including phenoxy) is 1. The Morgan fingerprint density at radius 1 is 1.38 bits per heavy atom. The van der Waals surface area contributed by atoms with Gasteiger partial charge in [-0.05, 0) is 43.5 Å². The van der Waals surface area contributed by atoms with Gasteiger partial charge in [0, 0.05) is 17.0 Å². The van der Waals surface area contributed by atoms with E-state index in [0.29, 0.717) is 36.7 Å². The van der Waals surface area contributed by atoms with Crippen LogP contribution in [0.15, 0.2) is 24.3 Å². The number of nitrogens with one attached hydrogen (secondary N) is 1. The Bertz CT molecular complexity index is 929. The highest BCUT2D eigenvalue weighted by Crippen LogP contribution is 2.38. The molecule has 29 heavy (non-hydrogen) atoms. The highest BCUT2D eigenvalue weighted by molar-refractivity contribution is 7.17. The maximum Gasteiger partial charge on any atom is 0.239 e. The molecule has 2 N–H and O–H groups in total. The van der Waals surface area contributed by atoms with Crippen molar-refractivity contribution in [2.24, 2.45) is 0 Å². The molecule has 1 fully saturated rings. The molecule has 2 aliphatic heterocycles. The quantitative estimate of drug-likeness (QED) is 0.730. The van der Waals surface area contributed by atoms with E-state index in [4.69, 9.17) is 4.74 Å². The van der Waals surface area contributed by atoms with Gasteiger partial charge in [0.1, 0.15) is 10.8 Å². The topological polar surface area (TPSA) is 78.9 Å². The summed E-state index contributed by atoms with van der Waals surface area (Å²) in [4.78, 5) is 28.6. The van der Waals surface area contributed by atoms with Gasteiger partial charge in [0.2, 0.25) is 5.91 Å². The lowest BCUT2D eigenvalue weighted by molar-refractivity contribution is -0.117. The molecule has 0 radical (unpaired) electrons. The van der Waals surface area contributed by atoms with Gasteiger partial charge in [-0.15, -0.1) is 11.3 Å². The molecule has 1 saturated heterocycles. The first kappa shape index (κ1) is 20.2. The fraction of sp³-hybridized carbons (Fsp3) is 0.429. The maximum absolute atomic E-state index is 13.6. The number of hydrogen-bond donors (Lipinski definition) is 2. The molecule has 1 aromatic carbocycles. The number of fused-ring (bicyclic) bond motifs is 1. The SMILES string of the molecule is O=C(CN1CCCC(O)C1)Nc1sc2c(c1C(=O)c1cccc(F)c1)CCOC2. The number of nitrogens with zero attached hydrogens (tertiary/aromatic N) is 1. The number of ketones is 1. The Morgan fingerprint density at radius 2 is 2.24 bits per heavy atom. The Hall–Kier alpha value is -2.13. The van der Waals surface area contributed by atoms with Crippen LogP contribution in [0.25, 0.3) is 0 Å². The third kappa shape index (κ3) is 4.56. The summed E-state index contributed by atoms with van der Waals surface area (Å²) in [6, 6.07) is 5.59. The van der Waals surface area contributed by atoms with E-state index < -0.39 is 11.9 Å². The highest BCUT2D eigenvalue weighted by Gasteiger charge is 2.28. The van der Waals surface area contributed by atoms with Gasteiger partial charge in [-0.3, -0.25) is 14.5 Å². The lowest BCUT2D eigenvalue weighted by atomic mass is 9.97. The third-order valence-electron chi connectivity index (χ3n) is 5.23. The van der Waals surface area contributed by atoms with Gasteiger partial charge in [-0.25, -0.2) is 4.39 Å². The van der Waals surface area contributed by atoms with Gasteiger partial charge >= 0.3 is 0 Å². The summed E-state index contributed by atoms with van der Waals surface area (Å²) < 4.78 is 19.1. The van der Waals surface area contributed by atoms with E-state index in [1.807, 2.05) is 4.90 Å². The number of thiophene rings is 1. The molecule has 2 aliphatic rings. The van der Waals surface area contributed by atoms with Crippen LogP contribution in [0.4, 0.5) is 9.39 Å². The standard InChI is InChI=1S/C21H23FN2O4S/c22-14-4-1-3-13(9-14)20(27)19-16-6-8-28-12-17(16)29-21(19)23-18(26)11-24-7-2-5-15(25)10-24/h1,3-4,9,15,25H,2,5-8,10-12H2,(H,23,26). The number of halogens is 1. The van der Waals surface area contributed by atoms with Gasteiger partial charge < -0.3 is 15.2 Å². The predicted octanol–water partition coefficient (Wildman–Crippen LogP) is 2.59. The highest BCUT2D eigenvalue weighted by atomic mass is 32.1. The Balaban J connectivity index is 1.58. The monoisotopic (exact) mass is 418 g/mol. The second kappa shape index (κ2) is 8.71. The lowest BCUT2D eigenvalue weighted by Crippen LogP contribution is -2.42. The van der Waals surface area contributed by atoms with E-state index in [1.54, 1.807) is 6.07 Å². The molecule has 0 saturated carbocycles. The number of piperidine rings is 1. The van der Waals surface area contributed by atoms with Crippen molar-refractivity contribution in [1.29, 1.82) is 0 Å². The lowest BCUT2D eigenvalue weighted by Gasteiger charge is -2.29. The smallest absolute Gasteiger partial charge is 0.239 e. The summed E-state index contributed by atoms with van der Waals surface area (Å²) in [5.41, 5.74) is 1.57. The first-order valence-electron chi connectivity index (χ1n) is 9.74. The zero-order valence-electron chi connectivity index (χ0n) is 15.9. The number of β-amino-alcohol motifs (C(OH)–C–C–N with tert-alkyl or cyclic N) is 1. The molecule has 0 spiro atoms. The van der Waals surface area contributed by atoms with Crippen LogP contribution in [-0.2, 0) is 22.6 Å². The molecule has 1 atom stereocenters. The summed E-state index contributed by atoms with van der Waals surface area (Å²) in [5, 5.41) is 13.2. The van der Waals surface area contributed by atoms with Crippen molar-refractivity contribution in [2.75, 3.05) is 31.6 Å². The zero-order valence-corrected chi connectivity index (χ0v) is 16.8. The number of carbonyl (C=O) groups excluding carboxylic acids is 2. The van der Waals surface area contributed by atoms with E-state index in [-0.39, 0.29) is 23.8 Å². The molecule has 154 valence electrons. The molecule has 0 aliphatic carbocycles. The normalized spacial score (nSPS) is 19.6. The molecule has 1 aromatic heterocycles. The minimum absolute atomic E-state index is 0.156.